The number of methoxy groups -OCH3 is 1. The molecule has 104 valence electrons. The molecule has 19 heavy (non-hydrogen) atoms. The zero-order valence-electron chi connectivity index (χ0n) is 10.9. The fraction of sp³-hybridized carbons (Fsp3) is 0.500. The number of hydrogen-bond donors (Lipinski definition) is 0. The number of halogens is 2. The second kappa shape index (κ2) is 6.37. The standard InChI is InChI=1S/C14H17BrFNO2/c1-19-12-4-2-3-11(16)13(12)14(18)17-8-6-10(9-17)5-7-15/h2-4,10H,5-9H2,1H3. The van der Waals surface area contributed by atoms with Gasteiger partial charge in [0.05, 0.1) is 7.11 Å². The van der Waals surface area contributed by atoms with E-state index in [1.807, 2.05) is 0 Å². The summed E-state index contributed by atoms with van der Waals surface area (Å²) in [5.74, 6) is 0.00958. The lowest BCUT2D eigenvalue weighted by Crippen LogP contribution is -2.29. The summed E-state index contributed by atoms with van der Waals surface area (Å²) < 4.78 is 18.9. The van der Waals surface area contributed by atoms with E-state index in [1.165, 1.54) is 13.2 Å². The van der Waals surface area contributed by atoms with E-state index >= 15 is 0 Å². The summed E-state index contributed by atoms with van der Waals surface area (Å²) in [6, 6.07) is 4.45. The lowest BCUT2D eigenvalue weighted by Gasteiger charge is -2.18. The van der Waals surface area contributed by atoms with Gasteiger partial charge in [0.25, 0.3) is 5.91 Å². The maximum Gasteiger partial charge on any atom is 0.260 e. The van der Waals surface area contributed by atoms with Crippen LogP contribution in [-0.2, 0) is 0 Å². The van der Waals surface area contributed by atoms with Gasteiger partial charge in [-0.2, -0.15) is 0 Å². The van der Waals surface area contributed by atoms with Gasteiger partial charge in [0.15, 0.2) is 0 Å². The van der Waals surface area contributed by atoms with Gasteiger partial charge in [0.1, 0.15) is 17.1 Å². The molecule has 1 amide bonds. The normalized spacial score (nSPS) is 18.7. The summed E-state index contributed by atoms with van der Waals surface area (Å²) >= 11 is 3.41. The predicted molar refractivity (Wildman–Crippen MR) is 75.4 cm³/mol. The van der Waals surface area contributed by atoms with Gasteiger partial charge in [-0.15, -0.1) is 0 Å². The van der Waals surface area contributed by atoms with Crippen molar-refractivity contribution >= 4 is 21.8 Å². The summed E-state index contributed by atoms with van der Waals surface area (Å²) in [6.45, 7) is 1.38. The molecule has 5 heteroatoms. The number of nitrogens with zero attached hydrogens (tertiary/aromatic N) is 1. The number of likely N-dealkylation sites (tertiary alicyclic amines) is 1. The number of rotatable bonds is 4. The molecule has 0 saturated carbocycles. The molecule has 1 aromatic rings. The number of benzene rings is 1. The number of hydrogen-bond acceptors (Lipinski definition) is 2. The van der Waals surface area contributed by atoms with Crippen LogP contribution in [0.1, 0.15) is 23.2 Å². The Morgan fingerprint density at radius 3 is 3.05 bits per heavy atom. The van der Waals surface area contributed by atoms with E-state index in [0.29, 0.717) is 24.8 Å². The van der Waals surface area contributed by atoms with E-state index in [-0.39, 0.29) is 11.5 Å². The van der Waals surface area contributed by atoms with E-state index in [1.54, 1.807) is 17.0 Å². The molecule has 3 nitrogen and oxygen atoms in total. The highest BCUT2D eigenvalue weighted by Gasteiger charge is 2.29. The van der Waals surface area contributed by atoms with E-state index in [0.717, 1.165) is 18.2 Å². The summed E-state index contributed by atoms with van der Waals surface area (Å²) in [5, 5.41) is 0.933. The van der Waals surface area contributed by atoms with Crippen molar-refractivity contribution in [2.45, 2.75) is 12.8 Å². The number of alkyl halides is 1. The SMILES string of the molecule is COc1cccc(F)c1C(=O)N1CCC(CCBr)C1. The molecule has 0 aliphatic carbocycles. The Bertz CT molecular complexity index is 467. The van der Waals surface area contributed by atoms with E-state index in [4.69, 9.17) is 4.74 Å². The van der Waals surface area contributed by atoms with Crippen LogP contribution in [0.3, 0.4) is 0 Å². The summed E-state index contributed by atoms with van der Waals surface area (Å²) in [4.78, 5) is 14.1. The zero-order valence-corrected chi connectivity index (χ0v) is 12.5. The third-order valence-corrected chi connectivity index (χ3v) is 3.96. The van der Waals surface area contributed by atoms with Gasteiger partial charge >= 0.3 is 0 Å². The fourth-order valence-electron chi connectivity index (χ4n) is 2.45. The Labute approximate surface area is 120 Å². The third kappa shape index (κ3) is 3.08. The zero-order chi connectivity index (χ0) is 13.8. The van der Waals surface area contributed by atoms with Crippen LogP contribution in [0.25, 0.3) is 0 Å². The third-order valence-electron chi connectivity index (χ3n) is 3.50. The van der Waals surface area contributed by atoms with Crippen LogP contribution in [0.2, 0.25) is 0 Å². The molecule has 1 atom stereocenters. The second-order valence-electron chi connectivity index (χ2n) is 4.70. The maximum absolute atomic E-state index is 13.9. The highest BCUT2D eigenvalue weighted by molar-refractivity contribution is 9.09. The molecule has 1 unspecified atom stereocenters. The predicted octanol–water partition coefficient (Wildman–Crippen LogP) is 3.08. The second-order valence-corrected chi connectivity index (χ2v) is 5.49. The average Bonchev–Trinajstić information content (AvgIpc) is 2.86. The summed E-state index contributed by atoms with van der Waals surface area (Å²) in [5.41, 5.74) is 0.0458. The van der Waals surface area contributed by atoms with Gasteiger partial charge in [-0.05, 0) is 30.9 Å². The van der Waals surface area contributed by atoms with Crippen LogP contribution in [-0.4, -0.2) is 36.3 Å². The summed E-state index contributed by atoms with van der Waals surface area (Å²) in [6.07, 6.45) is 2.02. The Morgan fingerprint density at radius 2 is 2.37 bits per heavy atom. The smallest absolute Gasteiger partial charge is 0.260 e. The molecule has 1 fully saturated rings. The highest BCUT2D eigenvalue weighted by Crippen LogP contribution is 2.27. The van der Waals surface area contributed by atoms with Gasteiger partial charge in [-0.3, -0.25) is 4.79 Å². The van der Waals surface area contributed by atoms with Gasteiger partial charge in [-0.1, -0.05) is 22.0 Å². The van der Waals surface area contributed by atoms with Gasteiger partial charge in [0, 0.05) is 18.4 Å². The van der Waals surface area contributed by atoms with Crippen LogP contribution in [0, 0.1) is 11.7 Å². The molecular weight excluding hydrogens is 313 g/mol. The summed E-state index contributed by atoms with van der Waals surface area (Å²) in [7, 11) is 1.45. The van der Waals surface area contributed by atoms with Crippen LogP contribution in [0.5, 0.6) is 5.75 Å². The minimum atomic E-state index is -0.520. The van der Waals surface area contributed by atoms with Crippen LogP contribution < -0.4 is 4.74 Å². The van der Waals surface area contributed by atoms with Gasteiger partial charge < -0.3 is 9.64 Å². The van der Waals surface area contributed by atoms with Gasteiger partial charge in [-0.25, -0.2) is 4.39 Å². The Hall–Kier alpha value is -1.10. The van der Waals surface area contributed by atoms with Crippen molar-refractivity contribution in [3.63, 3.8) is 0 Å². The fourth-order valence-corrected chi connectivity index (χ4v) is 3.09. The molecule has 1 saturated heterocycles. The number of carbonyl (C=O) groups excluding carboxylic acids is 1. The number of amides is 1. The molecule has 0 N–H and O–H groups in total. The van der Waals surface area contributed by atoms with E-state index in [9.17, 15) is 9.18 Å². The van der Waals surface area contributed by atoms with Crippen molar-refractivity contribution in [1.82, 2.24) is 4.90 Å². The first-order chi connectivity index (χ1) is 9.17. The highest BCUT2D eigenvalue weighted by atomic mass is 79.9. The van der Waals surface area contributed by atoms with E-state index < -0.39 is 5.82 Å². The molecule has 2 rings (SSSR count). The average molecular weight is 330 g/mol. The Morgan fingerprint density at radius 1 is 1.58 bits per heavy atom. The van der Waals surface area contributed by atoms with Crippen molar-refractivity contribution in [2.24, 2.45) is 5.92 Å². The molecule has 0 bridgehead atoms. The maximum atomic E-state index is 13.9. The molecule has 1 aliphatic heterocycles. The first-order valence-electron chi connectivity index (χ1n) is 6.35. The van der Waals surface area contributed by atoms with Crippen LogP contribution in [0.15, 0.2) is 18.2 Å². The molecule has 1 aromatic carbocycles. The van der Waals surface area contributed by atoms with Crippen molar-refractivity contribution in [3.05, 3.63) is 29.6 Å². The Kier molecular flexibility index (Phi) is 4.80. The Balaban J connectivity index is 2.17. The molecule has 0 aromatic heterocycles. The van der Waals surface area contributed by atoms with Crippen molar-refractivity contribution < 1.29 is 13.9 Å². The van der Waals surface area contributed by atoms with Crippen molar-refractivity contribution in [1.29, 1.82) is 0 Å². The molecule has 0 radical (unpaired) electrons. The minimum absolute atomic E-state index is 0.0458. The van der Waals surface area contributed by atoms with Crippen molar-refractivity contribution in [3.8, 4) is 5.75 Å². The monoisotopic (exact) mass is 329 g/mol. The van der Waals surface area contributed by atoms with Crippen molar-refractivity contribution in [2.75, 3.05) is 25.5 Å². The minimum Gasteiger partial charge on any atom is -0.496 e. The first kappa shape index (κ1) is 14.3. The lowest BCUT2D eigenvalue weighted by molar-refractivity contribution is 0.0778. The topological polar surface area (TPSA) is 29.5 Å². The molecular formula is C14H17BrFNO2. The van der Waals surface area contributed by atoms with Gasteiger partial charge in [0.2, 0.25) is 0 Å². The quantitative estimate of drug-likeness (QED) is 0.794. The molecule has 1 aliphatic rings. The van der Waals surface area contributed by atoms with Crippen LogP contribution >= 0.6 is 15.9 Å². The van der Waals surface area contributed by atoms with Crippen LogP contribution in [0.4, 0.5) is 4.39 Å². The first-order valence-corrected chi connectivity index (χ1v) is 7.47. The largest absolute Gasteiger partial charge is 0.496 e. The molecule has 1 heterocycles. The number of ether oxygens (including phenoxy) is 1. The lowest BCUT2D eigenvalue weighted by atomic mass is 10.1. The number of carbonyl (C=O) groups is 1. The van der Waals surface area contributed by atoms with E-state index in [2.05, 4.69) is 15.9 Å². The molecule has 0 spiro atoms.